The van der Waals surface area contributed by atoms with E-state index in [4.69, 9.17) is 9.26 Å². The average molecular weight is 349 g/mol. The van der Waals surface area contributed by atoms with Crippen molar-refractivity contribution >= 4 is 17.2 Å². The predicted molar refractivity (Wildman–Crippen MR) is 90.9 cm³/mol. The molecule has 1 unspecified atom stereocenters. The Balaban J connectivity index is 1.54. The van der Waals surface area contributed by atoms with Gasteiger partial charge < -0.3 is 14.2 Å². The van der Waals surface area contributed by atoms with Gasteiger partial charge in [-0.1, -0.05) is 25.9 Å². The number of aromatic nitrogens is 2. The maximum atomic E-state index is 12.5. The Labute approximate surface area is 145 Å². The SMILES string of the molecule is CC(C)(C)c1noc(CCC(=O)N2CCOC(c3ccsc3)C2)n1. The number of morpholine rings is 1. The van der Waals surface area contributed by atoms with Crippen molar-refractivity contribution in [2.45, 2.75) is 45.1 Å². The molecule has 6 nitrogen and oxygen atoms in total. The van der Waals surface area contributed by atoms with Gasteiger partial charge in [0.2, 0.25) is 11.8 Å². The van der Waals surface area contributed by atoms with Crippen LogP contribution in [0.1, 0.15) is 50.6 Å². The van der Waals surface area contributed by atoms with Gasteiger partial charge in [-0.2, -0.15) is 16.3 Å². The van der Waals surface area contributed by atoms with Crippen LogP contribution in [0.15, 0.2) is 21.3 Å². The van der Waals surface area contributed by atoms with Crippen molar-refractivity contribution in [3.8, 4) is 0 Å². The van der Waals surface area contributed by atoms with Gasteiger partial charge in [-0.15, -0.1) is 0 Å². The summed E-state index contributed by atoms with van der Waals surface area (Å²) in [6.07, 6.45) is 0.828. The molecule has 2 aromatic heterocycles. The quantitative estimate of drug-likeness (QED) is 0.849. The van der Waals surface area contributed by atoms with Crippen LogP contribution in [0.25, 0.3) is 0 Å². The van der Waals surface area contributed by atoms with Crippen LogP contribution < -0.4 is 0 Å². The van der Waals surface area contributed by atoms with Crippen molar-refractivity contribution in [3.05, 3.63) is 34.1 Å². The molecule has 0 aliphatic carbocycles. The van der Waals surface area contributed by atoms with Crippen molar-refractivity contribution in [1.82, 2.24) is 15.0 Å². The molecule has 1 atom stereocenters. The molecule has 1 aliphatic heterocycles. The van der Waals surface area contributed by atoms with E-state index in [1.165, 1.54) is 0 Å². The third-order valence-electron chi connectivity index (χ3n) is 4.03. The van der Waals surface area contributed by atoms with E-state index < -0.39 is 0 Å². The van der Waals surface area contributed by atoms with E-state index in [1.54, 1.807) is 11.3 Å². The number of hydrogen-bond acceptors (Lipinski definition) is 6. The highest BCUT2D eigenvalue weighted by atomic mass is 32.1. The number of rotatable bonds is 4. The zero-order valence-electron chi connectivity index (χ0n) is 14.3. The average Bonchev–Trinajstić information content (AvgIpc) is 3.23. The lowest BCUT2D eigenvalue weighted by molar-refractivity contribution is -0.139. The minimum absolute atomic E-state index is 0.0233. The summed E-state index contributed by atoms with van der Waals surface area (Å²) >= 11 is 1.64. The number of hydrogen-bond donors (Lipinski definition) is 0. The number of amides is 1. The first kappa shape index (κ1) is 17.1. The monoisotopic (exact) mass is 349 g/mol. The fourth-order valence-corrected chi connectivity index (χ4v) is 3.27. The van der Waals surface area contributed by atoms with Gasteiger partial charge in [0.1, 0.15) is 6.10 Å². The lowest BCUT2D eigenvalue weighted by Gasteiger charge is -2.32. The second-order valence-corrected chi connectivity index (χ2v) is 7.80. The Kier molecular flexibility index (Phi) is 5.01. The van der Waals surface area contributed by atoms with E-state index in [-0.39, 0.29) is 17.4 Å². The number of carbonyl (C=O) groups is 1. The molecule has 24 heavy (non-hydrogen) atoms. The second kappa shape index (κ2) is 7.03. The Hall–Kier alpha value is -1.73. The number of thiophene rings is 1. The number of carbonyl (C=O) groups excluding carboxylic acids is 1. The first-order valence-electron chi connectivity index (χ1n) is 8.18. The van der Waals surface area contributed by atoms with Crippen molar-refractivity contribution in [2.75, 3.05) is 19.7 Å². The van der Waals surface area contributed by atoms with Gasteiger partial charge in [0.25, 0.3) is 0 Å². The van der Waals surface area contributed by atoms with Crippen LogP contribution in [0.5, 0.6) is 0 Å². The van der Waals surface area contributed by atoms with Gasteiger partial charge >= 0.3 is 0 Å². The summed E-state index contributed by atoms with van der Waals surface area (Å²) in [6.45, 7) is 7.91. The van der Waals surface area contributed by atoms with Crippen LogP contribution in [0.3, 0.4) is 0 Å². The molecule has 3 heterocycles. The molecule has 7 heteroatoms. The lowest BCUT2D eigenvalue weighted by Crippen LogP contribution is -2.42. The van der Waals surface area contributed by atoms with E-state index >= 15 is 0 Å². The summed E-state index contributed by atoms with van der Waals surface area (Å²) in [5.74, 6) is 1.30. The zero-order chi connectivity index (χ0) is 17.2. The van der Waals surface area contributed by atoms with Crippen molar-refractivity contribution < 1.29 is 14.1 Å². The minimum atomic E-state index is -0.149. The topological polar surface area (TPSA) is 68.5 Å². The summed E-state index contributed by atoms with van der Waals surface area (Å²) in [7, 11) is 0. The van der Waals surface area contributed by atoms with E-state index in [9.17, 15) is 4.79 Å². The summed E-state index contributed by atoms with van der Waals surface area (Å²) in [6, 6.07) is 2.05. The largest absolute Gasteiger partial charge is 0.370 e. The van der Waals surface area contributed by atoms with E-state index in [0.29, 0.717) is 44.3 Å². The molecule has 0 aromatic carbocycles. The zero-order valence-corrected chi connectivity index (χ0v) is 15.1. The maximum Gasteiger partial charge on any atom is 0.227 e. The van der Waals surface area contributed by atoms with Crippen molar-refractivity contribution in [2.24, 2.45) is 0 Å². The Morgan fingerprint density at radius 1 is 1.46 bits per heavy atom. The molecule has 1 aliphatic rings. The fraction of sp³-hybridized carbons (Fsp3) is 0.588. The van der Waals surface area contributed by atoms with Gasteiger partial charge in [-0.25, -0.2) is 0 Å². The van der Waals surface area contributed by atoms with Crippen LogP contribution in [0.2, 0.25) is 0 Å². The molecule has 1 fully saturated rings. The molecule has 3 rings (SSSR count). The van der Waals surface area contributed by atoms with Crippen LogP contribution in [-0.2, 0) is 21.4 Å². The minimum Gasteiger partial charge on any atom is -0.370 e. The van der Waals surface area contributed by atoms with E-state index in [1.807, 2.05) is 31.1 Å². The highest BCUT2D eigenvalue weighted by Crippen LogP contribution is 2.24. The number of ether oxygens (including phenoxy) is 1. The summed E-state index contributed by atoms with van der Waals surface area (Å²) in [5.41, 5.74) is 0.994. The van der Waals surface area contributed by atoms with Crippen molar-refractivity contribution in [3.63, 3.8) is 0 Å². The van der Waals surface area contributed by atoms with Gasteiger partial charge in [0.15, 0.2) is 5.82 Å². The highest BCUT2D eigenvalue weighted by Gasteiger charge is 2.26. The molecule has 0 saturated carbocycles. The number of aryl methyl sites for hydroxylation is 1. The van der Waals surface area contributed by atoms with E-state index in [0.717, 1.165) is 5.56 Å². The molecule has 0 bridgehead atoms. The summed E-state index contributed by atoms with van der Waals surface area (Å²) in [4.78, 5) is 18.7. The molecular weight excluding hydrogens is 326 g/mol. The third-order valence-corrected chi connectivity index (χ3v) is 4.73. The van der Waals surface area contributed by atoms with Gasteiger partial charge in [0.05, 0.1) is 13.2 Å². The first-order chi connectivity index (χ1) is 11.4. The Morgan fingerprint density at radius 2 is 2.29 bits per heavy atom. The molecule has 0 N–H and O–H groups in total. The summed E-state index contributed by atoms with van der Waals surface area (Å²) < 4.78 is 11.0. The lowest BCUT2D eigenvalue weighted by atomic mass is 9.96. The Morgan fingerprint density at radius 3 is 2.96 bits per heavy atom. The smallest absolute Gasteiger partial charge is 0.227 e. The van der Waals surface area contributed by atoms with Gasteiger partial charge in [-0.05, 0) is 22.4 Å². The highest BCUT2D eigenvalue weighted by molar-refractivity contribution is 7.07. The molecule has 0 radical (unpaired) electrons. The van der Waals surface area contributed by atoms with Crippen LogP contribution >= 0.6 is 11.3 Å². The predicted octanol–water partition coefficient (Wildman–Crippen LogP) is 2.96. The van der Waals surface area contributed by atoms with Crippen molar-refractivity contribution in [1.29, 1.82) is 0 Å². The Bertz CT molecular complexity index is 676. The summed E-state index contributed by atoms with van der Waals surface area (Å²) in [5, 5.41) is 8.10. The fourth-order valence-electron chi connectivity index (χ4n) is 2.57. The first-order valence-corrected chi connectivity index (χ1v) is 9.12. The molecule has 1 saturated heterocycles. The van der Waals surface area contributed by atoms with E-state index in [2.05, 4.69) is 21.6 Å². The van der Waals surface area contributed by atoms with Crippen LogP contribution in [0, 0.1) is 0 Å². The van der Waals surface area contributed by atoms with Gasteiger partial charge in [-0.3, -0.25) is 4.79 Å². The second-order valence-electron chi connectivity index (χ2n) is 7.02. The molecule has 1 amide bonds. The molecule has 2 aromatic rings. The number of nitrogens with zero attached hydrogens (tertiary/aromatic N) is 3. The molecule has 130 valence electrons. The van der Waals surface area contributed by atoms with Crippen LogP contribution in [0.4, 0.5) is 0 Å². The van der Waals surface area contributed by atoms with Gasteiger partial charge in [0, 0.05) is 24.8 Å². The molecule has 0 spiro atoms. The maximum absolute atomic E-state index is 12.5. The third kappa shape index (κ3) is 4.02. The molecular formula is C17H23N3O3S. The standard InChI is InChI=1S/C17H23N3O3S/c1-17(2,3)16-18-14(23-19-16)4-5-15(21)20-7-8-22-13(10-20)12-6-9-24-11-12/h6,9,11,13H,4-5,7-8,10H2,1-3H3. The van der Waals surface area contributed by atoms with Crippen LogP contribution in [-0.4, -0.2) is 40.6 Å². The normalized spacial score (nSPS) is 18.8.